The number of para-hydroxylation sites is 2. The fraction of sp³-hybridized carbons (Fsp3) is 0.292. The standard InChI is InChI=1S/C24H25N5O/c1-15-11-13-16(14-12-15)26-24(30)20-21-23(28-19-10-6-5-9-18(19)27-21)29(22(20)25)17-7-3-2-4-8-17/h5-6,9-14,17H,2-4,7-8,25H2,1H3,(H,26,30). The van der Waals surface area contributed by atoms with Crippen LogP contribution in [-0.4, -0.2) is 20.4 Å². The number of nitrogens with one attached hydrogen (secondary N) is 1. The molecule has 1 amide bonds. The number of anilines is 2. The zero-order valence-corrected chi connectivity index (χ0v) is 17.1. The summed E-state index contributed by atoms with van der Waals surface area (Å²) in [6.07, 6.45) is 5.65. The van der Waals surface area contributed by atoms with Crippen LogP contribution in [0.3, 0.4) is 0 Å². The van der Waals surface area contributed by atoms with E-state index in [4.69, 9.17) is 15.7 Å². The number of benzene rings is 2. The predicted octanol–water partition coefficient (Wildman–Crippen LogP) is 5.23. The molecule has 152 valence electrons. The highest BCUT2D eigenvalue weighted by atomic mass is 16.1. The fourth-order valence-corrected chi connectivity index (χ4v) is 4.45. The van der Waals surface area contributed by atoms with Crippen molar-refractivity contribution in [3.63, 3.8) is 0 Å². The molecule has 0 atom stereocenters. The van der Waals surface area contributed by atoms with Gasteiger partial charge in [-0.3, -0.25) is 4.79 Å². The molecule has 2 aromatic heterocycles. The van der Waals surface area contributed by atoms with Crippen LogP contribution >= 0.6 is 0 Å². The van der Waals surface area contributed by atoms with Crippen LogP contribution in [0, 0.1) is 6.92 Å². The molecular weight excluding hydrogens is 374 g/mol. The average Bonchev–Trinajstić information content (AvgIpc) is 3.05. The summed E-state index contributed by atoms with van der Waals surface area (Å²) in [6, 6.07) is 15.7. The molecule has 3 N–H and O–H groups in total. The first kappa shape index (κ1) is 18.6. The van der Waals surface area contributed by atoms with Crippen molar-refractivity contribution in [2.75, 3.05) is 11.1 Å². The molecule has 5 rings (SSSR count). The predicted molar refractivity (Wildman–Crippen MR) is 121 cm³/mol. The Balaban J connectivity index is 1.67. The third-order valence-electron chi connectivity index (χ3n) is 6.01. The molecule has 0 bridgehead atoms. The average molecular weight is 399 g/mol. The Morgan fingerprint density at radius 1 is 1.00 bits per heavy atom. The molecule has 30 heavy (non-hydrogen) atoms. The molecule has 4 aromatic rings. The molecule has 0 saturated heterocycles. The van der Waals surface area contributed by atoms with Crippen molar-refractivity contribution >= 4 is 39.6 Å². The molecule has 0 aliphatic heterocycles. The van der Waals surface area contributed by atoms with Crippen LogP contribution in [-0.2, 0) is 0 Å². The molecule has 2 aromatic carbocycles. The molecule has 1 fully saturated rings. The van der Waals surface area contributed by atoms with Gasteiger partial charge in [0, 0.05) is 11.7 Å². The highest BCUT2D eigenvalue weighted by Gasteiger charge is 2.28. The van der Waals surface area contributed by atoms with Gasteiger partial charge in [0.05, 0.1) is 11.0 Å². The topological polar surface area (TPSA) is 85.8 Å². The lowest BCUT2D eigenvalue weighted by molar-refractivity contribution is 0.102. The van der Waals surface area contributed by atoms with Gasteiger partial charge in [-0.2, -0.15) is 0 Å². The molecule has 1 aliphatic carbocycles. The number of rotatable bonds is 3. The maximum atomic E-state index is 13.3. The van der Waals surface area contributed by atoms with Crippen LogP contribution in [0.15, 0.2) is 48.5 Å². The largest absolute Gasteiger partial charge is 0.384 e. The second-order valence-corrected chi connectivity index (χ2v) is 8.13. The van der Waals surface area contributed by atoms with Gasteiger partial charge in [0.25, 0.3) is 5.91 Å². The molecule has 0 spiro atoms. The Morgan fingerprint density at radius 3 is 2.37 bits per heavy atom. The Hall–Kier alpha value is -3.41. The van der Waals surface area contributed by atoms with Crippen molar-refractivity contribution in [1.29, 1.82) is 0 Å². The summed E-state index contributed by atoms with van der Waals surface area (Å²) in [4.78, 5) is 23.0. The Labute approximate surface area is 175 Å². The van der Waals surface area contributed by atoms with E-state index in [1.165, 1.54) is 6.42 Å². The summed E-state index contributed by atoms with van der Waals surface area (Å²) in [5, 5.41) is 2.98. The summed E-state index contributed by atoms with van der Waals surface area (Å²) < 4.78 is 2.05. The van der Waals surface area contributed by atoms with Crippen LogP contribution < -0.4 is 11.1 Å². The van der Waals surface area contributed by atoms with E-state index in [-0.39, 0.29) is 11.9 Å². The lowest BCUT2D eigenvalue weighted by atomic mass is 9.95. The first-order valence-corrected chi connectivity index (χ1v) is 10.6. The van der Waals surface area contributed by atoms with Crippen LogP contribution in [0.25, 0.3) is 22.2 Å². The van der Waals surface area contributed by atoms with E-state index in [1.54, 1.807) is 0 Å². The highest BCUT2D eigenvalue weighted by molar-refractivity contribution is 6.16. The van der Waals surface area contributed by atoms with Crippen molar-refractivity contribution in [3.8, 4) is 0 Å². The van der Waals surface area contributed by atoms with E-state index in [0.717, 1.165) is 48.0 Å². The molecular formula is C24H25N5O. The second-order valence-electron chi connectivity index (χ2n) is 8.13. The first-order chi connectivity index (χ1) is 14.6. The number of amides is 1. The third kappa shape index (κ3) is 3.18. The summed E-state index contributed by atoms with van der Waals surface area (Å²) in [5.74, 6) is 0.206. The van der Waals surface area contributed by atoms with Gasteiger partial charge in [-0.15, -0.1) is 0 Å². The van der Waals surface area contributed by atoms with E-state index < -0.39 is 0 Å². The maximum absolute atomic E-state index is 13.3. The Kier molecular flexibility index (Phi) is 4.62. The first-order valence-electron chi connectivity index (χ1n) is 10.6. The lowest BCUT2D eigenvalue weighted by Gasteiger charge is -2.25. The summed E-state index contributed by atoms with van der Waals surface area (Å²) >= 11 is 0. The minimum Gasteiger partial charge on any atom is -0.384 e. The van der Waals surface area contributed by atoms with Gasteiger partial charge in [-0.1, -0.05) is 49.1 Å². The van der Waals surface area contributed by atoms with E-state index in [2.05, 4.69) is 9.88 Å². The van der Waals surface area contributed by atoms with Gasteiger partial charge in [0.1, 0.15) is 16.9 Å². The lowest BCUT2D eigenvalue weighted by Crippen LogP contribution is -2.18. The molecule has 6 heteroatoms. The van der Waals surface area contributed by atoms with Gasteiger partial charge >= 0.3 is 0 Å². The minimum absolute atomic E-state index is 0.248. The van der Waals surface area contributed by atoms with Crippen molar-refractivity contribution in [3.05, 3.63) is 59.7 Å². The zero-order valence-electron chi connectivity index (χ0n) is 17.1. The van der Waals surface area contributed by atoms with Gasteiger partial charge < -0.3 is 15.6 Å². The SMILES string of the molecule is Cc1ccc(NC(=O)c2c(N)n(C3CCCCC3)c3nc4ccccc4nc23)cc1. The number of nitrogen functional groups attached to an aromatic ring is 1. The van der Waals surface area contributed by atoms with Crippen LogP contribution in [0.5, 0.6) is 0 Å². The van der Waals surface area contributed by atoms with Crippen molar-refractivity contribution < 1.29 is 4.79 Å². The van der Waals surface area contributed by atoms with Crippen LogP contribution in [0.1, 0.15) is 54.1 Å². The highest BCUT2D eigenvalue weighted by Crippen LogP contribution is 2.37. The number of carbonyl (C=O) groups excluding carboxylic acids is 1. The number of carbonyl (C=O) groups is 1. The van der Waals surface area contributed by atoms with E-state index in [9.17, 15) is 4.79 Å². The van der Waals surface area contributed by atoms with Crippen molar-refractivity contribution in [2.24, 2.45) is 0 Å². The third-order valence-corrected chi connectivity index (χ3v) is 6.01. The summed E-state index contributed by atoms with van der Waals surface area (Å²) in [6.45, 7) is 2.02. The normalized spacial score (nSPS) is 15.0. The Bertz CT molecular complexity index is 1240. The van der Waals surface area contributed by atoms with Gasteiger partial charge in [-0.25, -0.2) is 9.97 Å². The van der Waals surface area contributed by atoms with Crippen LogP contribution in [0.4, 0.5) is 11.5 Å². The summed E-state index contributed by atoms with van der Waals surface area (Å²) in [5.41, 5.74) is 11.7. The summed E-state index contributed by atoms with van der Waals surface area (Å²) in [7, 11) is 0. The number of hydrogen-bond acceptors (Lipinski definition) is 4. The molecule has 2 heterocycles. The number of nitrogens with zero attached hydrogens (tertiary/aromatic N) is 3. The maximum Gasteiger partial charge on any atom is 0.261 e. The Morgan fingerprint density at radius 2 is 1.67 bits per heavy atom. The number of fused-ring (bicyclic) bond motifs is 2. The fourth-order valence-electron chi connectivity index (χ4n) is 4.45. The van der Waals surface area contributed by atoms with Crippen molar-refractivity contribution in [2.45, 2.75) is 45.1 Å². The molecule has 0 unspecified atom stereocenters. The number of hydrogen-bond donors (Lipinski definition) is 2. The molecule has 6 nitrogen and oxygen atoms in total. The van der Waals surface area contributed by atoms with E-state index in [1.807, 2.05) is 55.5 Å². The van der Waals surface area contributed by atoms with Gasteiger partial charge in [0.2, 0.25) is 0 Å². The quantitative estimate of drug-likeness (QED) is 0.494. The number of aromatic nitrogens is 3. The monoisotopic (exact) mass is 399 g/mol. The van der Waals surface area contributed by atoms with Crippen molar-refractivity contribution in [1.82, 2.24) is 14.5 Å². The number of aryl methyl sites for hydroxylation is 1. The molecule has 1 saturated carbocycles. The molecule has 0 radical (unpaired) electrons. The zero-order chi connectivity index (χ0) is 20.7. The second kappa shape index (κ2) is 7.44. The smallest absolute Gasteiger partial charge is 0.261 e. The number of nitrogens with two attached hydrogens (primary N) is 1. The van der Waals surface area contributed by atoms with Gasteiger partial charge in [0.15, 0.2) is 5.65 Å². The molecule has 1 aliphatic rings. The van der Waals surface area contributed by atoms with Gasteiger partial charge in [-0.05, 0) is 44.0 Å². The van der Waals surface area contributed by atoms with E-state index >= 15 is 0 Å². The minimum atomic E-state index is -0.250. The van der Waals surface area contributed by atoms with E-state index in [0.29, 0.717) is 22.5 Å². The van der Waals surface area contributed by atoms with Crippen LogP contribution in [0.2, 0.25) is 0 Å².